The third kappa shape index (κ3) is 4.29. The van der Waals surface area contributed by atoms with Crippen LogP contribution in [0.15, 0.2) is 64.3 Å². The van der Waals surface area contributed by atoms with Crippen molar-refractivity contribution >= 4 is 12.2 Å². The molecule has 3 aromatic rings. The molecule has 0 N–H and O–H groups in total. The summed E-state index contributed by atoms with van der Waals surface area (Å²) in [5.41, 5.74) is 2.12. The molecular formula is C18H15N3O4. The molecule has 7 heteroatoms. The van der Waals surface area contributed by atoms with Crippen LogP contribution in [0.25, 0.3) is 11.4 Å². The number of carbonyl (C=O) groups is 1. The molecule has 0 saturated carbocycles. The number of carbonyl (C=O) groups excluding carboxylic acids is 1. The Hall–Kier alpha value is -3.48. The first kappa shape index (κ1) is 16.4. The second-order valence-electron chi connectivity index (χ2n) is 5.00. The third-order valence-electron chi connectivity index (χ3n) is 3.30. The maximum absolute atomic E-state index is 11.3. The van der Waals surface area contributed by atoms with Gasteiger partial charge in [-0.2, -0.15) is 4.98 Å². The Balaban J connectivity index is 1.53. The Kier molecular flexibility index (Phi) is 5.16. The van der Waals surface area contributed by atoms with E-state index in [1.165, 1.54) is 13.3 Å². The lowest BCUT2D eigenvalue weighted by atomic mass is 10.1. The van der Waals surface area contributed by atoms with Gasteiger partial charge in [-0.25, -0.2) is 4.79 Å². The molecule has 0 aliphatic carbocycles. The molecule has 0 atom stereocenters. The first-order valence-corrected chi connectivity index (χ1v) is 7.48. The molecule has 2 aromatic carbocycles. The zero-order chi connectivity index (χ0) is 17.5. The summed E-state index contributed by atoms with van der Waals surface area (Å²) in [6.07, 6.45) is 1.52. The van der Waals surface area contributed by atoms with E-state index >= 15 is 0 Å². The van der Waals surface area contributed by atoms with Crippen LogP contribution < -0.4 is 0 Å². The maximum atomic E-state index is 11.3. The normalized spacial score (nSPS) is 10.8. The fraction of sp³-hybridized carbons (Fsp3) is 0.111. The van der Waals surface area contributed by atoms with Gasteiger partial charge in [0.15, 0.2) is 6.61 Å². The molecule has 25 heavy (non-hydrogen) atoms. The average Bonchev–Trinajstić information content (AvgIpc) is 3.15. The van der Waals surface area contributed by atoms with Crippen LogP contribution >= 0.6 is 0 Å². The number of oxime groups is 1. The van der Waals surface area contributed by atoms with E-state index < -0.39 is 0 Å². The van der Waals surface area contributed by atoms with Crippen molar-refractivity contribution in [3.8, 4) is 11.4 Å². The molecule has 3 rings (SSSR count). The van der Waals surface area contributed by atoms with Crippen molar-refractivity contribution in [2.45, 2.75) is 6.61 Å². The summed E-state index contributed by atoms with van der Waals surface area (Å²) in [5.74, 6) is 0.448. The smallest absolute Gasteiger partial charge is 0.337 e. The van der Waals surface area contributed by atoms with Crippen LogP contribution in [0.2, 0.25) is 0 Å². The van der Waals surface area contributed by atoms with Crippen LogP contribution in [0.3, 0.4) is 0 Å². The number of nitrogens with zero attached hydrogens (tertiary/aromatic N) is 3. The first-order chi connectivity index (χ1) is 12.3. The summed E-state index contributed by atoms with van der Waals surface area (Å²) in [6, 6.07) is 16.3. The standard InChI is InChI=1S/C18H15N3O4/c1-23-18(22)15-9-7-13(8-10-15)11-19-24-12-16-20-17(21-25-16)14-5-3-2-4-6-14/h2-11H,12H2,1H3/b19-11+. The number of benzene rings is 2. The highest BCUT2D eigenvalue weighted by Gasteiger charge is 2.08. The molecule has 0 aliphatic heterocycles. The van der Waals surface area contributed by atoms with Crippen molar-refractivity contribution in [3.63, 3.8) is 0 Å². The number of hydrogen-bond acceptors (Lipinski definition) is 7. The molecule has 126 valence electrons. The molecule has 0 radical (unpaired) electrons. The first-order valence-electron chi connectivity index (χ1n) is 7.48. The number of rotatable bonds is 6. The molecule has 7 nitrogen and oxygen atoms in total. The SMILES string of the molecule is COC(=O)c1ccc(/C=N/OCc2nc(-c3ccccc3)no2)cc1. The van der Waals surface area contributed by atoms with E-state index in [1.54, 1.807) is 24.3 Å². The molecule has 0 saturated heterocycles. The van der Waals surface area contributed by atoms with E-state index in [-0.39, 0.29) is 12.6 Å². The van der Waals surface area contributed by atoms with Gasteiger partial charge in [0, 0.05) is 5.56 Å². The summed E-state index contributed by atoms with van der Waals surface area (Å²) in [6.45, 7) is 0.0660. The highest BCUT2D eigenvalue weighted by Crippen LogP contribution is 2.15. The zero-order valence-corrected chi connectivity index (χ0v) is 13.5. The Bertz CT molecular complexity index is 858. The van der Waals surface area contributed by atoms with Gasteiger partial charge in [0.1, 0.15) is 0 Å². The number of ether oxygens (including phenoxy) is 1. The summed E-state index contributed by atoms with van der Waals surface area (Å²) < 4.78 is 9.75. The van der Waals surface area contributed by atoms with Gasteiger partial charge in [-0.05, 0) is 17.7 Å². The minimum atomic E-state index is -0.384. The van der Waals surface area contributed by atoms with Crippen molar-refractivity contribution in [1.82, 2.24) is 10.1 Å². The molecule has 0 fully saturated rings. The second-order valence-corrected chi connectivity index (χ2v) is 5.00. The van der Waals surface area contributed by atoms with E-state index in [0.717, 1.165) is 11.1 Å². The molecule has 0 amide bonds. The van der Waals surface area contributed by atoms with E-state index in [4.69, 9.17) is 9.36 Å². The van der Waals surface area contributed by atoms with Gasteiger partial charge in [-0.15, -0.1) is 0 Å². The van der Waals surface area contributed by atoms with Crippen molar-refractivity contribution in [2.24, 2.45) is 5.16 Å². The van der Waals surface area contributed by atoms with Crippen LogP contribution in [0.1, 0.15) is 21.8 Å². The molecule has 0 bridgehead atoms. The van der Waals surface area contributed by atoms with Gasteiger partial charge >= 0.3 is 5.97 Å². The second kappa shape index (κ2) is 7.87. The molecule has 0 unspecified atom stereocenters. The van der Waals surface area contributed by atoms with E-state index in [1.807, 2.05) is 30.3 Å². The molecule has 0 aliphatic rings. The average molecular weight is 337 g/mol. The van der Waals surface area contributed by atoms with Crippen LogP contribution in [0.5, 0.6) is 0 Å². The van der Waals surface area contributed by atoms with Crippen molar-refractivity contribution in [3.05, 3.63) is 71.6 Å². The van der Waals surface area contributed by atoms with Gasteiger partial charge in [-0.3, -0.25) is 0 Å². The molecule has 1 aromatic heterocycles. The molecule has 1 heterocycles. The fourth-order valence-electron chi connectivity index (χ4n) is 2.03. The highest BCUT2D eigenvalue weighted by atomic mass is 16.6. The lowest BCUT2D eigenvalue weighted by molar-refractivity contribution is 0.0600. The highest BCUT2D eigenvalue weighted by molar-refractivity contribution is 5.90. The quantitative estimate of drug-likeness (QED) is 0.390. The van der Waals surface area contributed by atoms with Gasteiger partial charge in [0.05, 0.1) is 18.9 Å². The lowest BCUT2D eigenvalue weighted by Crippen LogP contribution is -2.00. The Morgan fingerprint density at radius 3 is 2.64 bits per heavy atom. The number of esters is 1. The van der Waals surface area contributed by atoms with Gasteiger partial charge in [0.2, 0.25) is 5.82 Å². The van der Waals surface area contributed by atoms with Crippen LogP contribution in [-0.4, -0.2) is 29.4 Å². The Labute approximate surface area is 143 Å². The van der Waals surface area contributed by atoms with Gasteiger partial charge in [0.25, 0.3) is 5.89 Å². The van der Waals surface area contributed by atoms with Crippen LogP contribution in [0, 0.1) is 0 Å². The Morgan fingerprint density at radius 1 is 1.16 bits per heavy atom. The molecular weight excluding hydrogens is 322 g/mol. The Morgan fingerprint density at radius 2 is 1.92 bits per heavy atom. The van der Waals surface area contributed by atoms with Gasteiger partial charge in [-0.1, -0.05) is 52.8 Å². The third-order valence-corrected chi connectivity index (χ3v) is 3.30. The molecule has 0 spiro atoms. The van der Waals surface area contributed by atoms with Crippen molar-refractivity contribution in [2.75, 3.05) is 7.11 Å². The van der Waals surface area contributed by atoms with Crippen molar-refractivity contribution < 1.29 is 18.9 Å². The van der Waals surface area contributed by atoms with Crippen LogP contribution in [0.4, 0.5) is 0 Å². The summed E-state index contributed by atoms with van der Waals surface area (Å²) >= 11 is 0. The van der Waals surface area contributed by atoms with Crippen LogP contribution in [-0.2, 0) is 16.2 Å². The predicted molar refractivity (Wildman–Crippen MR) is 89.9 cm³/mol. The largest absolute Gasteiger partial charge is 0.465 e. The zero-order valence-electron chi connectivity index (χ0n) is 13.5. The maximum Gasteiger partial charge on any atom is 0.337 e. The predicted octanol–water partition coefficient (Wildman–Crippen LogP) is 3.07. The summed E-state index contributed by atoms with van der Waals surface area (Å²) in [4.78, 5) is 20.7. The number of methoxy groups -OCH3 is 1. The minimum Gasteiger partial charge on any atom is -0.465 e. The summed E-state index contributed by atoms with van der Waals surface area (Å²) in [5, 5.41) is 7.74. The van der Waals surface area contributed by atoms with E-state index in [0.29, 0.717) is 17.3 Å². The fourth-order valence-corrected chi connectivity index (χ4v) is 2.03. The van der Waals surface area contributed by atoms with E-state index in [2.05, 4.69) is 20.0 Å². The number of hydrogen-bond donors (Lipinski definition) is 0. The monoisotopic (exact) mass is 337 g/mol. The topological polar surface area (TPSA) is 86.8 Å². The summed E-state index contributed by atoms with van der Waals surface area (Å²) in [7, 11) is 1.34. The van der Waals surface area contributed by atoms with Crippen molar-refractivity contribution in [1.29, 1.82) is 0 Å². The number of aromatic nitrogens is 2. The minimum absolute atomic E-state index is 0.0660. The van der Waals surface area contributed by atoms with Gasteiger partial charge < -0.3 is 14.1 Å². The lowest BCUT2D eigenvalue weighted by Gasteiger charge is -1.99. The van der Waals surface area contributed by atoms with E-state index in [9.17, 15) is 4.79 Å².